The Morgan fingerprint density at radius 3 is 2.42 bits per heavy atom. The van der Waals surface area contributed by atoms with Gasteiger partial charge in [-0.2, -0.15) is 9.97 Å². The van der Waals surface area contributed by atoms with E-state index in [1.54, 1.807) is 29.7 Å². The van der Waals surface area contributed by atoms with Crippen LogP contribution in [-0.4, -0.2) is 160 Å². The number of carbonyl (C=O) groups excluding carboxylic acids is 3. The number of amides is 3. The van der Waals surface area contributed by atoms with E-state index >= 15 is 4.39 Å². The summed E-state index contributed by atoms with van der Waals surface area (Å²) < 4.78 is 35.2. The lowest BCUT2D eigenvalue weighted by molar-refractivity contribution is -0.144. The Bertz CT molecular complexity index is 3150. The first-order chi connectivity index (χ1) is 38.0. The fourth-order valence-electron chi connectivity index (χ4n) is 11.7. The van der Waals surface area contributed by atoms with Crippen LogP contribution in [0.25, 0.3) is 43.4 Å². The van der Waals surface area contributed by atoms with Crippen LogP contribution in [0, 0.1) is 18.2 Å². The fraction of sp³-hybridized carbons (Fsp3) is 0.508. The highest BCUT2D eigenvalue weighted by Crippen LogP contribution is 2.39. The van der Waals surface area contributed by atoms with Gasteiger partial charge in [0.2, 0.25) is 17.7 Å². The molecule has 4 aliphatic rings. The molecule has 79 heavy (non-hydrogen) atoms. The Balaban J connectivity index is 0.688. The van der Waals surface area contributed by atoms with Gasteiger partial charge < -0.3 is 50.2 Å². The monoisotopic (exact) mass is 1100 g/mol. The largest absolute Gasteiger partial charge is 0.508 e. The van der Waals surface area contributed by atoms with Crippen molar-refractivity contribution in [3.8, 4) is 33.5 Å². The molecule has 2 unspecified atom stereocenters. The van der Waals surface area contributed by atoms with E-state index in [0.29, 0.717) is 35.4 Å². The van der Waals surface area contributed by atoms with Gasteiger partial charge in [-0.3, -0.25) is 24.3 Å². The summed E-state index contributed by atoms with van der Waals surface area (Å²) in [5, 5.41) is 33.2. The number of ether oxygens (including phenoxy) is 3. The highest BCUT2D eigenvalue weighted by atomic mass is 32.1. The number of fused-ring (bicyclic) bond motifs is 4. The van der Waals surface area contributed by atoms with E-state index in [2.05, 4.69) is 40.7 Å². The number of hydrogen-bond donors (Lipinski definition) is 5. The van der Waals surface area contributed by atoms with E-state index in [-0.39, 0.29) is 80.4 Å². The summed E-state index contributed by atoms with van der Waals surface area (Å²) >= 11 is 1.57. The third-order valence-electron chi connectivity index (χ3n) is 15.9. The number of piperidine rings is 1. The van der Waals surface area contributed by atoms with Gasteiger partial charge in [0.25, 0.3) is 0 Å². The lowest BCUT2D eigenvalue weighted by Crippen LogP contribution is -2.58. The van der Waals surface area contributed by atoms with E-state index in [1.165, 1.54) is 4.90 Å². The van der Waals surface area contributed by atoms with Crippen LogP contribution < -0.4 is 25.6 Å². The number of rotatable bonds is 19. The number of nitrogens with one attached hydrogen (secondary N) is 3. The van der Waals surface area contributed by atoms with Gasteiger partial charge in [0.1, 0.15) is 48.1 Å². The number of pyridine rings is 1. The predicted molar refractivity (Wildman–Crippen MR) is 302 cm³/mol. The average molecular weight is 1100 g/mol. The van der Waals surface area contributed by atoms with Gasteiger partial charge in [0.05, 0.1) is 52.9 Å². The molecule has 0 spiro atoms. The quantitative estimate of drug-likeness (QED) is 0.0523. The molecule has 3 aromatic carbocycles. The Morgan fingerprint density at radius 2 is 1.71 bits per heavy atom. The number of thiazole rings is 1. The molecule has 4 aliphatic heterocycles. The van der Waals surface area contributed by atoms with E-state index < -0.39 is 41.2 Å². The Kier molecular flexibility index (Phi) is 17.1. The summed E-state index contributed by atoms with van der Waals surface area (Å²) in [5.74, 6) is -1.27. The fourth-order valence-corrected chi connectivity index (χ4v) is 12.5. The number of hydrogen-bond acceptors (Lipinski definition) is 16. The van der Waals surface area contributed by atoms with Crippen LogP contribution >= 0.6 is 11.3 Å². The van der Waals surface area contributed by atoms with Crippen molar-refractivity contribution in [2.45, 2.75) is 122 Å². The molecule has 0 radical (unpaired) electrons. The first-order valence-electron chi connectivity index (χ1n) is 27.8. The van der Waals surface area contributed by atoms with E-state index in [4.69, 9.17) is 19.2 Å². The zero-order valence-corrected chi connectivity index (χ0v) is 46.8. The highest BCUT2D eigenvalue weighted by Gasteiger charge is 2.45. The van der Waals surface area contributed by atoms with Crippen LogP contribution in [0.2, 0.25) is 0 Å². The van der Waals surface area contributed by atoms with Crippen molar-refractivity contribution in [3.05, 3.63) is 88.9 Å². The molecule has 20 heteroatoms. The van der Waals surface area contributed by atoms with Crippen LogP contribution in [0.4, 0.5) is 10.2 Å². The normalized spacial score (nSPS) is 20.7. The van der Waals surface area contributed by atoms with Crippen molar-refractivity contribution in [2.24, 2.45) is 5.41 Å². The molecule has 420 valence electrons. The molecule has 4 fully saturated rings. The number of halogens is 1. The van der Waals surface area contributed by atoms with E-state index in [9.17, 15) is 24.6 Å². The number of benzene rings is 3. The number of aromatic nitrogens is 4. The molecule has 0 aliphatic carbocycles. The predicted octanol–water partition coefficient (Wildman–Crippen LogP) is 6.87. The summed E-state index contributed by atoms with van der Waals surface area (Å²) in [6, 6.07) is 15.5. The maximum Gasteiger partial charge on any atom is 0.319 e. The van der Waals surface area contributed by atoms with Gasteiger partial charge in [-0.15, -0.1) is 11.3 Å². The van der Waals surface area contributed by atoms with Gasteiger partial charge in [-0.25, -0.2) is 9.37 Å². The Labute approximate surface area is 464 Å². The lowest BCUT2D eigenvalue weighted by Gasteiger charge is -2.35. The minimum absolute atomic E-state index is 0.00373. The number of aliphatic hydroxyl groups is 1. The van der Waals surface area contributed by atoms with Crippen molar-refractivity contribution in [1.29, 1.82) is 0 Å². The molecule has 6 aromatic rings. The van der Waals surface area contributed by atoms with Crippen LogP contribution in [0.3, 0.4) is 0 Å². The SMILES string of the molecule is CCc1cccc2cc(O)cc(-c3ncc4c(N5CC6CCC(C5)N6)nc(OCCN5CCC(OCCOCC(=O)N[C@H](C(=O)N6C[C@H](O)C[C@H]6C(=O)N[C@@H](C)c6ccc(-c7scnc7C)cc6)C(C)(C)C)CC5)nc4c3F)c12. The Hall–Kier alpha value is -6.42. The van der Waals surface area contributed by atoms with Gasteiger partial charge in [-0.1, -0.05) is 70.2 Å². The standard InChI is InChI=1S/C59H73FN10O8S/c1-7-36-9-8-10-39-25-42(71)26-45(49(36)39)51-50(60)52-46(28-61-51)55(69-29-40-15-16-41(30-69)64-40)67-58(66-52)78-22-21-68-19-17-44(18-20-68)77-24-23-76-32-48(73)65-54(59(4,5)6)57(75)70-31-43(72)27-47(70)56(74)63-34(2)37-11-13-38(14-12-37)53-35(3)62-33-79-53/h8-14,25-26,28,33-34,40-41,43-44,47,54,64,71-72H,7,15-24,27,29-32H2,1-6H3,(H,63,74)(H,65,73)/t34-,40?,41?,43+,47-,54+/m0/s1. The van der Waals surface area contributed by atoms with Crippen molar-refractivity contribution in [2.75, 3.05) is 70.6 Å². The third kappa shape index (κ3) is 12.6. The number of aryl methyl sites for hydroxylation is 2. The maximum atomic E-state index is 17.1. The molecule has 3 aromatic heterocycles. The number of β-amino-alcohol motifs (C(OH)–C–C–N with tert-alkyl or cyclic N) is 1. The summed E-state index contributed by atoms with van der Waals surface area (Å²) in [6.45, 7) is 15.4. The first-order valence-corrected chi connectivity index (χ1v) is 28.6. The second-order valence-electron chi connectivity index (χ2n) is 22.6. The number of piperazine rings is 1. The number of nitrogens with zero attached hydrogens (tertiary/aromatic N) is 7. The lowest BCUT2D eigenvalue weighted by atomic mass is 9.85. The van der Waals surface area contributed by atoms with Crippen molar-refractivity contribution in [3.63, 3.8) is 0 Å². The number of carbonyl (C=O) groups is 3. The number of phenols is 1. The molecule has 3 amide bonds. The summed E-state index contributed by atoms with van der Waals surface area (Å²) in [7, 11) is 0. The summed E-state index contributed by atoms with van der Waals surface area (Å²) in [5.41, 5.74) is 5.75. The number of likely N-dealkylation sites (tertiary alicyclic amines) is 2. The van der Waals surface area contributed by atoms with Gasteiger partial charge in [-0.05, 0) is 91.0 Å². The Morgan fingerprint density at radius 1 is 0.949 bits per heavy atom. The number of aliphatic hydroxyl groups excluding tert-OH is 1. The minimum Gasteiger partial charge on any atom is -0.508 e. The molecule has 4 saturated heterocycles. The molecule has 2 bridgehead atoms. The van der Waals surface area contributed by atoms with Crippen LogP contribution in [-0.2, 0) is 30.3 Å². The van der Waals surface area contributed by atoms with E-state index in [0.717, 1.165) is 96.3 Å². The maximum absolute atomic E-state index is 17.1. The van der Waals surface area contributed by atoms with Gasteiger partial charge >= 0.3 is 6.01 Å². The third-order valence-corrected chi connectivity index (χ3v) is 16.9. The molecule has 0 saturated carbocycles. The highest BCUT2D eigenvalue weighted by molar-refractivity contribution is 7.13. The zero-order chi connectivity index (χ0) is 55.5. The number of anilines is 1. The van der Waals surface area contributed by atoms with Crippen molar-refractivity contribution in [1.82, 2.24) is 45.7 Å². The van der Waals surface area contributed by atoms with Crippen molar-refractivity contribution >= 4 is 56.6 Å². The molecule has 6 atom stereocenters. The van der Waals surface area contributed by atoms with Gasteiger partial charge in [0, 0.05) is 69.5 Å². The molecular formula is C59H73FN10O8S. The minimum atomic E-state index is -0.984. The number of aromatic hydroxyl groups is 1. The second kappa shape index (κ2) is 24.1. The molecular weight excluding hydrogens is 1030 g/mol. The molecule has 5 N–H and O–H groups in total. The van der Waals surface area contributed by atoms with Crippen LogP contribution in [0.15, 0.2) is 66.3 Å². The average Bonchev–Trinajstić information content (AvgIpc) is 4.25. The smallest absolute Gasteiger partial charge is 0.319 e. The molecule has 7 heterocycles. The van der Waals surface area contributed by atoms with E-state index in [1.807, 2.05) is 89.5 Å². The van der Waals surface area contributed by atoms with Gasteiger partial charge in [0.15, 0.2) is 5.82 Å². The first kappa shape index (κ1) is 55.9. The second-order valence-corrected chi connectivity index (χ2v) is 23.5. The van der Waals surface area contributed by atoms with Crippen molar-refractivity contribution < 1.29 is 43.2 Å². The molecule has 10 rings (SSSR count). The van der Waals surface area contributed by atoms with Crippen LogP contribution in [0.5, 0.6) is 11.8 Å². The summed E-state index contributed by atoms with van der Waals surface area (Å²) in [4.78, 5) is 66.8. The molecule has 18 nitrogen and oxygen atoms in total. The van der Waals surface area contributed by atoms with Crippen LogP contribution in [0.1, 0.15) is 89.6 Å². The topological polar surface area (TPSA) is 217 Å². The number of phenolic OH excluding ortho intramolecular Hbond substituents is 1. The zero-order valence-electron chi connectivity index (χ0n) is 46.0. The summed E-state index contributed by atoms with van der Waals surface area (Å²) in [6.07, 6.45) is 5.28.